The van der Waals surface area contributed by atoms with Gasteiger partial charge in [0.15, 0.2) is 0 Å². The maximum atomic E-state index is 11.7. The van der Waals surface area contributed by atoms with Gasteiger partial charge < -0.3 is 39.1 Å². The van der Waals surface area contributed by atoms with Gasteiger partial charge in [-0.3, -0.25) is 9.59 Å². The van der Waals surface area contributed by atoms with Crippen molar-refractivity contribution in [2.75, 3.05) is 93.4 Å². The maximum Gasteiger partial charge on any atom is 0.220 e. The van der Waals surface area contributed by atoms with Crippen molar-refractivity contribution in [2.24, 2.45) is 0 Å². The number of ether oxygens (including phenoxy) is 6. The molecule has 10 heteroatoms. The summed E-state index contributed by atoms with van der Waals surface area (Å²) in [6.07, 6.45) is 4.20. The van der Waals surface area contributed by atoms with Crippen LogP contribution in [-0.2, 0) is 38.0 Å². The molecule has 0 aliphatic carbocycles. The molecule has 32 heavy (non-hydrogen) atoms. The maximum absolute atomic E-state index is 11.7. The summed E-state index contributed by atoms with van der Waals surface area (Å²) in [6, 6.07) is 0. The molecule has 0 aliphatic heterocycles. The van der Waals surface area contributed by atoms with E-state index in [-0.39, 0.29) is 11.8 Å². The first-order valence-corrected chi connectivity index (χ1v) is 11.6. The first-order valence-electron chi connectivity index (χ1n) is 11.6. The van der Waals surface area contributed by atoms with E-state index in [9.17, 15) is 9.59 Å². The molecule has 190 valence electrons. The Bertz CT molecular complexity index is 427. The average Bonchev–Trinajstić information content (AvgIpc) is 2.80. The van der Waals surface area contributed by atoms with Crippen LogP contribution in [0.4, 0.5) is 0 Å². The zero-order chi connectivity index (χ0) is 23.5. The van der Waals surface area contributed by atoms with E-state index in [0.29, 0.717) is 98.5 Å². The molecular weight excluding hydrogens is 420 g/mol. The lowest BCUT2D eigenvalue weighted by Crippen LogP contribution is -2.27. The summed E-state index contributed by atoms with van der Waals surface area (Å²) in [4.78, 5) is 22.8. The first kappa shape index (κ1) is 30.7. The fraction of sp³-hybridized carbons (Fsp3) is 0.909. The van der Waals surface area contributed by atoms with Crippen LogP contribution >= 0.6 is 0 Å². The summed E-state index contributed by atoms with van der Waals surface area (Å²) in [5, 5.41) is 5.41. The normalized spacial score (nSPS) is 10.9. The zero-order valence-corrected chi connectivity index (χ0v) is 20.0. The molecule has 0 spiro atoms. The summed E-state index contributed by atoms with van der Waals surface area (Å²) in [6.45, 7) is 6.65. The second kappa shape index (κ2) is 26.0. The molecule has 10 nitrogen and oxygen atoms in total. The van der Waals surface area contributed by atoms with Crippen molar-refractivity contribution in [2.45, 2.75) is 38.5 Å². The second-order valence-corrected chi connectivity index (χ2v) is 6.99. The molecule has 0 rings (SSSR count). The van der Waals surface area contributed by atoms with E-state index in [1.807, 2.05) is 0 Å². The van der Waals surface area contributed by atoms with Crippen molar-refractivity contribution < 1.29 is 38.0 Å². The monoisotopic (exact) mass is 464 g/mol. The Morgan fingerprint density at radius 3 is 1.72 bits per heavy atom. The third-order valence-electron chi connectivity index (χ3n) is 4.24. The van der Waals surface area contributed by atoms with Crippen LogP contribution in [0, 0.1) is 0 Å². The van der Waals surface area contributed by atoms with Gasteiger partial charge >= 0.3 is 0 Å². The molecule has 2 amide bonds. The van der Waals surface area contributed by atoms with E-state index >= 15 is 0 Å². The summed E-state index contributed by atoms with van der Waals surface area (Å²) in [7, 11) is 3.29. The lowest BCUT2D eigenvalue weighted by molar-refractivity contribution is -0.122. The van der Waals surface area contributed by atoms with Crippen molar-refractivity contribution in [1.29, 1.82) is 0 Å². The number of amides is 2. The van der Waals surface area contributed by atoms with Gasteiger partial charge in [-0.1, -0.05) is 0 Å². The molecule has 0 heterocycles. The van der Waals surface area contributed by atoms with Crippen LogP contribution in [0.25, 0.3) is 0 Å². The van der Waals surface area contributed by atoms with Crippen molar-refractivity contribution in [3.63, 3.8) is 0 Å². The number of unbranched alkanes of at least 4 members (excludes halogenated alkanes) is 1. The van der Waals surface area contributed by atoms with Crippen LogP contribution < -0.4 is 10.6 Å². The molecule has 0 atom stereocenters. The van der Waals surface area contributed by atoms with Crippen LogP contribution in [0.2, 0.25) is 0 Å². The standard InChI is InChI=1S/C22H44N2O8/c1-23-21(25)7-3-4-10-29-17-19-32-20-18-31-14-9-24-22(26)8-5-11-28-12-6-13-30-16-15-27-2/h3-20H2,1-2H3,(H,23,25)(H,24,26). The number of hydrogen-bond acceptors (Lipinski definition) is 8. The molecule has 0 aromatic heterocycles. The topological polar surface area (TPSA) is 114 Å². The molecule has 0 saturated carbocycles. The molecular formula is C22H44N2O8. The average molecular weight is 465 g/mol. The highest BCUT2D eigenvalue weighted by atomic mass is 16.5. The summed E-state index contributed by atoms with van der Waals surface area (Å²) in [5.74, 6) is 0.0636. The van der Waals surface area contributed by atoms with E-state index in [4.69, 9.17) is 28.4 Å². The van der Waals surface area contributed by atoms with Gasteiger partial charge in [0.05, 0.1) is 46.2 Å². The van der Waals surface area contributed by atoms with Crippen molar-refractivity contribution in [3.05, 3.63) is 0 Å². The van der Waals surface area contributed by atoms with Gasteiger partial charge in [-0.15, -0.1) is 0 Å². The van der Waals surface area contributed by atoms with Crippen molar-refractivity contribution >= 4 is 11.8 Å². The van der Waals surface area contributed by atoms with Gasteiger partial charge in [0.2, 0.25) is 11.8 Å². The fourth-order valence-electron chi connectivity index (χ4n) is 2.45. The Balaban J connectivity index is 3.16. The Kier molecular flexibility index (Phi) is 24.9. The molecule has 0 aromatic carbocycles. The molecule has 0 fully saturated rings. The highest BCUT2D eigenvalue weighted by molar-refractivity contribution is 5.75. The Morgan fingerprint density at radius 1 is 0.562 bits per heavy atom. The molecule has 2 N–H and O–H groups in total. The SMILES string of the molecule is CNC(=O)CCCCOCCOCCOCCNC(=O)CCCOCCCOCCOC. The molecule has 0 saturated heterocycles. The Morgan fingerprint density at radius 2 is 1.06 bits per heavy atom. The van der Waals surface area contributed by atoms with Crippen molar-refractivity contribution in [1.82, 2.24) is 10.6 Å². The predicted octanol–water partition coefficient (Wildman–Crippen LogP) is 0.919. The van der Waals surface area contributed by atoms with Crippen LogP contribution in [-0.4, -0.2) is 105 Å². The predicted molar refractivity (Wildman–Crippen MR) is 121 cm³/mol. The van der Waals surface area contributed by atoms with Gasteiger partial charge in [-0.05, 0) is 25.7 Å². The molecule has 0 bridgehead atoms. The van der Waals surface area contributed by atoms with Gasteiger partial charge in [0, 0.05) is 60.0 Å². The smallest absolute Gasteiger partial charge is 0.220 e. The number of carbonyl (C=O) groups excluding carboxylic acids is 2. The molecule has 0 aliphatic rings. The minimum atomic E-state index is 0.00354. The highest BCUT2D eigenvalue weighted by Crippen LogP contribution is 1.96. The van der Waals surface area contributed by atoms with Crippen molar-refractivity contribution in [3.8, 4) is 0 Å². The fourth-order valence-corrected chi connectivity index (χ4v) is 2.45. The second-order valence-electron chi connectivity index (χ2n) is 6.99. The molecule has 0 radical (unpaired) electrons. The van der Waals surface area contributed by atoms with E-state index in [2.05, 4.69) is 10.6 Å². The van der Waals surface area contributed by atoms with Gasteiger partial charge in [-0.2, -0.15) is 0 Å². The minimum absolute atomic E-state index is 0.00354. The zero-order valence-electron chi connectivity index (χ0n) is 20.0. The summed E-state index contributed by atoms with van der Waals surface area (Å²) < 4.78 is 32.0. The number of nitrogens with one attached hydrogen (secondary N) is 2. The molecule has 0 unspecified atom stereocenters. The Hall–Kier alpha value is -1.30. The van der Waals surface area contributed by atoms with Gasteiger partial charge in [-0.25, -0.2) is 0 Å². The van der Waals surface area contributed by atoms with Crippen LogP contribution in [0.5, 0.6) is 0 Å². The Labute approximate surface area is 193 Å². The van der Waals surface area contributed by atoms with E-state index in [1.54, 1.807) is 14.2 Å². The van der Waals surface area contributed by atoms with E-state index < -0.39 is 0 Å². The third-order valence-corrected chi connectivity index (χ3v) is 4.24. The third kappa shape index (κ3) is 25.0. The largest absolute Gasteiger partial charge is 0.382 e. The minimum Gasteiger partial charge on any atom is -0.382 e. The number of hydrogen-bond donors (Lipinski definition) is 2. The number of methoxy groups -OCH3 is 1. The first-order chi connectivity index (χ1) is 15.7. The van der Waals surface area contributed by atoms with Crippen LogP contribution in [0.1, 0.15) is 38.5 Å². The van der Waals surface area contributed by atoms with Crippen LogP contribution in [0.15, 0.2) is 0 Å². The number of carbonyl (C=O) groups is 2. The van der Waals surface area contributed by atoms with E-state index in [1.165, 1.54) is 0 Å². The lowest BCUT2D eigenvalue weighted by atomic mass is 10.2. The van der Waals surface area contributed by atoms with Gasteiger partial charge in [0.25, 0.3) is 0 Å². The van der Waals surface area contributed by atoms with E-state index in [0.717, 1.165) is 19.3 Å². The summed E-state index contributed by atoms with van der Waals surface area (Å²) in [5.41, 5.74) is 0. The summed E-state index contributed by atoms with van der Waals surface area (Å²) >= 11 is 0. The van der Waals surface area contributed by atoms with Crippen LogP contribution in [0.3, 0.4) is 0 Å². The molecule has 0 aromatic rings. The lowest BCUT2D eigenvalue weighted by Gasteiger charge is -2.08. The van der Waals surface area contributed by atoms with Gasteiger partial charge in [0.1, 0.15) is 0 Å². The quantitative estimate of drug-likeness (QED) is 0.192. The highest BCUT2D eigenvalue weighted by Gasteiger charge is 2.01. The number of rotatable bonds is 25.